The van der Waals surface area contributed by atoms with Gasteiger partial charge in [-0.25, -0.2) is 0 Å². The minimum atomic E-state index is -4.37. The van der Waals surface area contributed by atoms with E-state index in [0.29, 0.717) is 23.9 Å². The summed E-state index contributed by atoms with van der Waals surface area (Å²) in [5.74, 6) is 0. The van der Waals surface area contributed by atoms with Gasteiger partial charge in [0.2, 0.25) is 0 Å². The minimum absolute atomic E-state index is 0.341. The summed E-state index contributed by atoms with van der Waals surface area (Å²) in [6, 6.07) is 12.8. The zero-order valence-corrected chi connectivity index (χ0v) is 16.0. The second-order valence-electron chi connectivity index (χ2n) is 6.36. The van der Waals surface area contributed by atoms with Crippen molar-refractivity contribution >= 4 is 34.6 Å². The Hall–Kier alpha value is -1.83. The molecule has 1 aliphatic rings. The molecule has 144 valence electrons. The van der Waals surface area contributed by atoms with Crippen molar-refractivity contribution in [3.63, 3.8) is 0 Å². The van der Waals surface area contributed by atoms with Gasteiger partial charge in [0.25, 0.3) is 0 Å². The Bertz CT molecular complexity index is 805. The Morgan fingerprint density at radius 2 is 1.74 bits per heavy atom. The zero-order chi connectivity index (χ0) is 19.4. The van der Waals surface area contributed by atoms with Crippen LogP contribution in [-0.2, 0) is 12.7 Å². The fourth-order valence-corrected chi connectivity index (χ4v) is 3.45. The first kappa shape index (κ1) is 19.9. The van der Waals surface area contributed by atoms with Crippen molar-refractivity contribution in [2.75, 3.05) is 31.5 Å². The van der Waals surface area contributed by atoms with Crippen LogP contribution in [0.15, 0.2) is 48.5 Å². The standard InChI is InChI=1S/C19H19ClF3N3S/c20-17-7-2-1-4-14(17)13-25-8-10-26(11-9-25)18(27)24-16-6-3-5-15(12-16)19(21,22)23/h1-7,12H,8-11,13H2,(H,24,27). The summed E-state index contributed by atoms with van der Waals surface area (Å²) in [6.07, 6.45) is -4.37. The number of nitrogens with zero attached hydrogens (tertiary/aromatic N) is 2. The second-order valence-corrected chi connectivity index (χ2v) is 7.16. The first-order valence-corrected chi connectivity index (χ1v) is 9.30. The summed E-state index contributed by atoms with van der Waals surface area (Å²) >= 11 is 11.6. The molecule has 0 atom stereocenters. The average Bonchev–Trinajstić information content (AvgIpc) is 2.64. The maximum atomic E-state index is 12.8. The van der Waals surface area contributed by atoms with Crippen LogP contribution >= 0.6 is 23.8 Å². The highest BCUT2D eigenvalue weighted by atomic mass is 35.5. The average molecular weight is 414 g/mol. The van der Waals surface area contributed by atoms with E-state index in [1.165, 1.54) is 6.07 Å². The lowest BCUT2D eigenvalue weighted by atomic mass is 10.2. The van der Waals surface area contributed by atoms with E-state index in [1.807, 2.05) is 29.2 Å². The number of hydrogen-bond acceptors (Lipinski definition) is 2. The maximum absolute atomic E-state index is 12.8. The van der Waals surface area contributed by atoms with Crippen LogP contribution in [-0.4, -0.2) is 41.1 Å². The summed E-state index contributed by atoms with van der Waals surface area (Å²) < 4.78 is 38.5. The smallest absolute Gasteiger partial charge is 0.346 e. The number of thiocarbonyl (C=S) groups is 1. The van der Waals surface area contributed by atoms with Crippen LogP contribution in [0.1, 0.15) is 11.1 Å². The van der Waals surface area contributed by atoms with Crippen LogP contribution in [0.3, 0.4) is 0 Å². The summed E-state index contributed by atoms with van der Waals surface area (Å²) in [5, 5.41) is 4.10. The number of benzene rings is 2. The van der Waals surface area contributed by atoms with Crippen molar-refractivity contribution < 1.29 is 13.2 Å². The molecule has 0 bridgehead atoms. The maximum Gasteiger partial charge on any atom is 0.416 e. The van der Waals surface area contributed by atoms with E-state index in [4.69, 9.17) is 23.8 Å². The highest BCUT2D eigenvalue weighted by molar-refractivity contribution is 7.80. The predicted octanol–water partition coefficient (Wildman–Crippen LogP) is 4.87. The minimum Gasteiger partial charge on any atom is -0.346 e. The second kappa shape index (κ2) is 8.46. The van der Waals surface area contributed by atoms with E-state index in [2.05, 4.69) is 10.2 Å². The van der Waals surface area contributed by atoms with Crippen LogP contribution in [0, 0.1) is 0 Å². The lowest BCUT2D eigenvalue weighted by Gasteiger charge is -2.36. The van der Waals surface area contributed by atoms with Gasteiger partial charge in [0, 0.05) is 43.4 Å². The molecule has 0 aromatic heterocycles. The van der Waals surface area contributed by atoms with Gasteiger partial charge in [-0.2, -0.15) is 13.2 Å². The molecule has 2 aromatic rings. The van der Waals surface area contributed by atoms with Crippen molar-refractivity contribution in [2.24, 2.45) is 0 Å². The van der Waals surface area contributed by atoms with Crippen LogP contribution < -0.4 is 5.32 Å². The largest absolute Gasteiger partial charge is 0.416 e. The van der Waals surface area contributed by atoms with Gasteiger partial charge in [-0.1, -0.05) is 35.9 Å². The van der Waals surface area contributed by atoms with Gasteiger partial charge < -0.3 is 10.2 Å². The number of piperazine rings is 1. The van der Waals surface area contributed by atoms with Gasteiger partial charge in [-0.15, -0.1) is 0 Å². The first-order chi connectivity index (χ1) is 12.8. The number of anilines is 1. The molecule has 1 saturated heterocycles. The number of nitrogens with one attached hydrogen (secondary N) is 1. The van der Waals surface area contributed by atoms with E-state index < -0.39 is 11.7 Å². The summed E-state index contributed by atoms with van der Waals surface area (Å²) in [4.78, 5) is 4.25. The highest BCUT2D eigenvalue weighted by Gasteiger charge is 2.30. The third-order valence-corrected chi connectivity index (χ3v) is 5.18. The SMILES string of the molecule is FC(F)(F)c1cccc(NC(=S)N2CCN(Cc3ccccc3Cl)CC2)c1. The van der Waals surface area contributed by atoms with Gasteiger partial charge in [0.1, 0.15) is 0 Å². The van der Waals surface area contributed by atoms with E-state index in [-0.39, 0.29) is 0 Å². The Balaban J connectivity index is 1.54. The predicted molar refractivity (Wildman–Crippen MR) is 106 cm³/mol. The topological polar surface area (TPSA) is 18.5 Å². The van der Waals surface area contributed by atoms with E-state index in [0.717, 1.165) is 42.4 Å². The molecule has 3 rings (SSSR count). The number of rotatable bonds is 3. The molecule has 1 fully saturated rings. The fourth-order valence-electron chi connectivity index (χ4n) is 2.95. The molecule has 0 saturated carbocycles. The molecule has 0 radical (unpaired) electrons. The van der Waals surface area contributed by atoms with Crippen LogP contribution in [0.4, 0.5) is 18.9 Å². The van der Waals surface area contributed by atoms with Crippen LogP contribution in [0.5, 0.6) is 0 Å². The number of alkyl halides is 3. The molecule has 1 aliphatic heterocycles. The molecule has 0 spiro atoms. The van der Waals surface area contributed by atoms with E-state index in [9.17, 15) is 13.2 Å². The van der Waals surface area contributed by atoms with Gasteiger partial charge in [0.05, 0.1) is 5.56 Å². The van der Waals surface area contributed by atoms with Gasteiger partial charge in [0.15, 0.2) is 5.11 Å². The molecular formula is C19H19ClF3N3S. The Labute approximate surface area is 166 Å². The molecule has 2 aromatic carbocycles. The lowest BCUT2D eigenvalue weighted by molar-refractivity contribution is -0.137. The van der Waals surface area contributed by atoms with Gasteiger partial charge in [-0.3, -0.25) is 4.90 Å². The Morgan fingerprint density at radius 1 is 1.04 bits per heavy atom. The lowest BCUT2D eigenvalue weighted by Crippen LogP contribution is -2.49. The van der Waals surface area contributed by atoms with Gasteiger partial charge >= 0.3 is 6.18 Å². The van der Waals surface area contributed by atoms with Crippen molar-refractivity contribution in [1.29, 1.82) is 0 Å². The third-order valence-electron chi connectivity index (χ3n) is 4.45. The molecular weight excluding hydrogens is 395 g/mol. The normalized spacial score (nSPS) is 15.6. The van der Waals surface area contributed by atoms with Gasteiger partial charge in [-0.05, 0) is 42.0 Å². The highest BCUT2D eigenvalue weighted by Crippen LogP contribution is 2.30. The number of hydrogen-bond donors (Lipinski definition) is 1. The van der Waals surface area contributed by atoms with Crippen molar-refractivity contribution in [2.45, 2.75) is 12.7 Å². The fraction of sp³-hybridized carbons (Fsp3) is 0.316. The van der Waals surface area contributed by atoms with Crippen molar-refractivity contribution in [3.05, 3.63) is 64.7 Å². The quantitative estimate of drug-likeness (QED) is 0.723. The first-order valence-electron chi connectivity index (χ1n) is 8.52. The van der Waals surface area contributed by atoms with Crippen molar-refractivity contribution in [3.8, 4) is 0 Å². The zero-order valence-electron chi connectivity index (χ0n) is 14.5. The Kier molecular flexibility index (Phi) is 6.24. The van der Waals surface area contributed by atoms with Crippen LogP contribution in [0.2, 0.25) is 5.02 Å². The van der Waals surface area contributed by atoms with E-state index >= 15 is 0 Å². The Morgan fingerprint density at radius 3 is 2.41 bits per heavy atom. The summed E-state index contributed by atoms with van der Waals surface area (Å²) in [7, 11) is 0. The molecule has 0 amide bonds. The van der Waals surface area contributed by atoms with Crippen molar-refractivity contribution in [1.82, 2.24) is 9.80 Å². The molecule has 0 unspecified atom stereocenters. The molecule has 1 N–H and O–H groups in total. The third kappa shape index (κ3) is 5.34. The van der Waals surface area contributed by atoms with Crippen LogP contribution in [0.25, 0.3) is 0 Å². The van der Waals surface area contributed by atoms with E-state index in [1.54, 1.807) is 6.07 Å². The molecule has 8 heteroatoms. The molecule has 3 nitrogen and oxygen atoms in total. The summed E-state index contributed by atoms with van der Waals surface area (Å²) in [6.45, 7) is 3.77. The number of halogens is 4. The monoisotopic (exact) mass is 413 g/mol. The molecule has 1 heterocycles. The molecule has 0 aliphatic carbocycles. The molecule has 27 heavy (non-hydrogen) atoms. The summed E-state index contributed by atoms with van der Waals surface area (Å²) in [5.41, 5.74) is 0.727.